The first-order valence-electron chi connectivity index (χ1n) is 24.3. The summed E-state index contributed by atoms with van der Waals surface area (Å²) in [5, 5.41) is 5.28. The minimum Gasteiger partial charge on any atom is -0.334 e. The second-order valence-electron chi connectivity index (χ2n) is 21.3. The van der Waals surface area contributed by atoms with Crippen LogP contribution in [0.2, 0.25) is 0 Å². The minimum atomic E-state index is -0.0509. The average Bonchev–Trinajstić information content (AvgIpc) is 3.97. The SMILES string of the molecule is Cc1cc2c3c(c1)N(c1cccc4c1sc1ccccc14)c1cc(C(C)(C)C)ccc1B3c1ccc(N3c4ccccc4C4(C)CCCCC34C)cc1N2c1cccc2c1sc1ccccc12. The van der Waals surface area contributed by atoms with Gasteiger partial charge in [-0.25, -0.2) is 0 Å². The molecule has 1 fully saturated rings. The van der Waals surface area contributed by atoms with Gasteiger partial charge in [0.05, 0.1) is 26.3 Å². The number of fused-ring (bicyclic) bond motifs is 13. The summed E-state index contributed by atoms with van der Waals surface area (Å²) in [6.07, 6.45) is 4.90. The fraction of sp³-hybridized carbons (Fsp3) is 0.213. The van der Waals surface area contributed by atoms with E-state index >= 15 is 0 Å². The topological polar surface area (TPSA) is 9.72 Å². The van der Waals surface area contributed by atoms with Gasteiger partial charge in [-0.3, -0.25) is 0 Å². The number of anilines is 8. The molecule has 4 aliphatic rings. The van der Waals surface area contributed by atoms with Crippen molar-refractivity contribution in [2.75, 3.05) is 14.7 Å². The molecule has 2 unspecified atom stereocenters. The van der Waals surface area contributed by atoms with E-state index in [1.54, 1.807) is 0 Å². The zero-order chi connectivity index (χ0) is 45.1. The van der Waals surface area contributed by atoms with E-state index in [4.69, 9.17) is 0 Å². The van der Waals surface area contributed by atoms with Crippen LogP contribution < -0.4 is 31.1 Å². The van der Waals surface area contributed by atoms with Crippen LogP contribution in [0.4, 0.5) is 45.5 Å². The fourth-order valence-corrected chi connectivity index (χ4v) is 15.6. The normalized spacial score (nSPS) is 19.6. The summed E-state index contributed by atoms with van der Waals surface area (Å²) < 4.78 is 5.30. The van der Waals surface area contributed by atoms with Gasteiger partial charge < -0.3 is 14.7 Å². The van der Waals surface area contributed by atoms with E-state index < -0.39 is 0 Å². The Morgan fingerprint density at radius 2 is 1.04 bits per heavy atom. The Labute approximate surface area is 402 Å². The molecule has 326 valence electrons. The van der Waals surface area contributed by atoms with Gasteiger partial charge in [0.25, 0.3) is 6.71 Å². The maximum atomic E-state index is 2.76. The predicted octanol–water partition coefficient (Wildman–Crippen LogP) is 15.9. The molecule has 10 aromatic rings. The molecule has 0 saturated heterocycles. The van der Waals surface area contributed by atoms with Gasteiger partial charge in [0.2, 0.25) is 0 Å². The molecule has 5 heterocycles. The first kappa shape index (κ1) is 39.8. The van der Waals surface area contributed by atoms with Crippen LogP contribution in [0.1, 0.15) is 77.0 Å². The molecule has 1 saturated carbocycles. The summed E-state index contributed by atoms with van der Waals surface area (Å²) in [5.74, 6) is 0. The molecule has 3 nitrogen and oxygen atoms in total. The Morgan fingerprint density at radius 3 is 1.69 bits per heavy atom. The van der Waals surface area contributed by atoms with Crippen molar-refractivity contribution in [3.8, 4) is 0 Å². The lowest BCUT2D eigenvalue weighted by molar-refractivity contribution is 0.195. The predicted molar refractivity (Wildman–Crippen MR) is 292 cm³/mol. The number of aryl methyl sites for hydroxylation is 1. The van der Waals surface area contributed by atoms with E-state index in [-0.39, 0.29) is 23.1 Å². The lowest BCUT2D eigenvalue weighted by Gasteiger charge is -2.50. The number of hydrogen-bond acceptors (Lipinski definition) is 5. The summed E-state index contributed by atoms with van der Waals surface area (Å²) in [7, 11) is 0. The van der Waals surface area contributed by atoms with E-state index in [2.05, 4.69) is 214 Å². The number of hydrogen-bond donors (Lipinski definition) is 0. The number of thiophene rings is 2. The Morgan fingerprint density at radius 1 is 0.507 bits per heavy atom. The van der Waals surface area contributed by atoms with Gasteiger partial charge in [0.15, 0.2) is 0 Å². The second-order valence-corrected chi connectivity index (χ2v) is 23.4. The second kappa shape index (κ2) is 13.9. The van der Waals surface area contributed by atoms with Gasteiger partial charge in [-0.05, 0) is 126 Å². The molecular formula is C61H52BN3S2. The van der Waals surface area contributed by atoms with Crippen LogP contribution in [0.15, 0.2) is 158 Å². The van der Waals surface area contributed by atoms with Gasteiger partial charge in [-0.2, -0.15) is 0 Å². The lowest BCUT2D eigenvalue weighted by Crippen LogP contribution is -2.61. The van der Waals surface area contributed by atoms with Crippen molar-refractivity contribution in [1.82, 2.24) is 0 Å². The van der Waals surface area contributed by atoms with E-state index in [9.17, 15) is 0 Å². The Balaban J connectivity index is 1.08. The molecule has 6 heteroatoms. The van der Waals surface area contributed by atoms with Crippen LogP contribution in [0.25, 0.3) is 40.3 Å². The summed E-state index contributed by atoms with van der Waals surface area (Å²) in [5.41, 5.74) is 18.4. The van der Waals surface area contributed by atoms with Crippen molar-refractivity contribution in [1.29, 1.82) is 0 Å². The number of para-hydroxylation sites is 1. The van der Waals surface area contributed by atoms with Crippen molar-refractivity contribution < 1.29 is 0 Å². The first-order valence-corrected chi connectivity index (χ1v) is 25.9. The zero-order valence-electron chi connectivity index (χ0n) is 39.1. The lowest BCUT2D eigenvalue weighted by atomic mass is 9.33. The maximum Gasteiger partial charge on any atom is 0.252 e. The third-order valence-electron chi connectivity index (χ3n) is 16.6. The highest BCUT2D eigenvalue weighted by molar-refractivity contribution is 7.27. The molecule has 8 aromatic carbocycles. The molecule has 0 N–H and O–H groups in total. The number of nitrogens with zero attached hydrogens (tertiary/aromatic N) is 3. The van der Waals surface area contributed by atoms with E-state index in [0.717, 1.165) is 0 Å². The van der Waals surface area contributed by atoms with Crippen LogP contribution in [0.3, 0.4) is 0 Å². The highest BCUT2D eigenvalue weighted by atomic mass is 32.1. The fourth-order valence-electron chi connectivity index (χ4n) is 13.2. The Kier molecular flexibility index (Phi) is 8.24. The van der Waals surface area contributed by atoms with E-state index in [1.807, 2.05) is 22.7 Å². The molecular weight excluding hydrogens is 850 g/mol. The van der Waals surface area contributed by atoms with Gasteiger partial charge in [-0.1, -0.05) is 138 Å². The average molecular weight is 902 g/mol. The zero-order valence-corrected chi connectivity index (χ0v) is 40.7. The summed E-state index contributed by atoms with van der Waals surface area (Å²) in [6.45, 7) is 14.5. The van der Waals surface area contributed by atoms with Crippen LogP contribution >= 0.6 is 22.7 Å². The highest BCUT2D eigenvalue weighted by Gasteiger charge is 2.58. The minimum absolute atomic E-state index is 0.0239. The van der Waals surface area contributed by atoms with Crippen molar-refractivity contribution in [3.05, 3.63) is 174 Å². The molecule has 0 amide bonds. The van der Waals surface area contributed by atoms with E-state index in [0.29, 0.717) is 0 Å². The third kappa shape index (κ3) is 5.34. The van der Waals surface area contributed by atoms with Crippen molar-refractivity contribution >= 4 is 132 Å². The molecule has 14 rings (SSSR count). The molecule has 1 aliphatic carbocycles. The number of rotatable bonds is 3. The van der Waals surface area contributed by atoms with Crippen LogP contribution in [0.5, 0.6) is 0 Å². The van der Waals surface area contributed by atoms with Crippen molar-refractivity contribution in [2.24, 2.45) is 0 Å². The molecule has 0 radical (unpaired) electrons. The standard InChI is InChI=1S/C61H52BN3S2/c1-37-33-52-56-53(34-37)64(49-24-16-20-43-41-18-8-12-26-55(41)67-58(43)49)51-36-39(65-47-22-10-9-21-44(47)60(5)31-13-14-32-61(60,65)6)28-30-46(51)62(56)45-29-27-38(59(2,3)4)35-50(45)63(52)48-23-15-19-42-40-17-7-11-25-54(40)66-57(42)48/h7-12,15-30,33-36H,13-14,31-32H2,1-6H3. The van der Waals surface area contributed by atoms with Gasteiger partial charge >= 0.3 is 0 Å². The van der Waals surface area contributed by atoms with Crippen LogP contribution in [0, 0.1) is 6.92 Å². The Bertz CT molecular complexity index is 3740. The highest BCUT2D eigenvalue weighted by Crippen LogP contribution is 2.61. The summed E-state index contributed by atoms with van der Waals surface area (Å²) in [6, 6.07) is 61.2. The largest absolute Gasteiger partial charge is 0.334 e. The van der Waals surface area contributed by atoms with Gasteiger partial charge in [0.1, 0.15) is 0 Å². The summed E-state index contributed by atoms with van der Waals surface area (Å²) >= 11 is 3.85. The molecule has 0 spiro atoms. The number of benzene rings is 8. The third-order valence-corrected chi connectivity index (χ3v) is 19.0. The van der Waals surface area contributed by atoms with Gasteiger partial charge in [-0.15, -0.1) is 22.7 Å². The molecule has 0 bridgehead atoms. The maximum absolute atomic E-state index is 2.76. The van der Waals surface area contributed by atoms with Crippen molar-refractivity contribution in [3.63, 3.8) is 0 Å². The Hall–Kier alpha value is -6.34. The molecule has 2 aromatic heterocycles. The quantitative estimate of drug-likeness (QED) is 0.164. The van der Waals surface area contributed by atoms with Crippen LogP contribution in [-0.2, 0) is 10.8 Å². The molecule has 3 aliphatic heterocycles. The van der Waals surface area contributed by atoms with Crippen LogP contribution in [-0.4, -0.2) is 12.3 Å². The van der Waals surface area contributed by atoms with Crippen molar-refractivity contribution in [2.45, 2.75) is 83.6 Å². The molecule has 67 heavy (non-hydrogen) atoms. The van der Waals surface area contributed by atoms with E-state index in [1.165, 1.54) is 145 Å². The monoisotopic (exact) mass is 901 g/mol. The molecule has 2 atom stereocenters. The van der Waals surface area contributed by atoms with Gasteiger partial charge in [0, 0.05) is 70.5 Å². The smallest absolute Gasteiger partial charge is 0.252 e. The first-order chi connectivity index (χ1) is 32.5. The summed E-state index contributed by atoms with van der Waals surface area (Å²) in [4.78, 5) is 8.08.